The molecular formula is C15H16N4OS3. The van der Waals surface area contributed by atoms with Crippen molar-refractivity contribution in [3.8, 4) is 10.7 Å². The molecule has 0 aliphatic rings. The smallest absolute Gasteiger partial charge is 0.243 e. The molecule has 0 saturated heterocycles. The van der Waals surface area contributed by atoms with Crippen molar-refractivity contribution < 1.29 is 4.79 Å². The summed E-state index contributed by atoms with van der Waals surface area (Å²) in [6, 6.07) is 7.43. The fourth-order valence-electron chi connectivity index (χ4n) is 2.30. The lowest BCUT2D eigenvalue weighted by Crippen LogP contribution is -2.33. The zero-order chi connectivity index (χ0) is 16.4. The maximum Gasteiger partial charge on any atom is 0.243 e. The van der Waals surface area contributed by atoms with Crippen LogP contribution in [0.15, 0.2) is 35.0 Å². The van der Waals surface area contributed by atoms with Crippen LogP contribution in [0.3, 0.4) is 0 Å². The summed E-state index contributed by atoms with van der Waals surface area (Å²) in [7, 11) is 0. The molecule has 3 heterocycles. The van der Waals surface area contributed by atoms with Crippen LogP contribution in [0.4, 0.5) is 0 Å². The Bertz CT molecular complexity index is 833. The van der Waals surface area contributed by atoms with Gasteiger partial charge in [0, 0.05) is 4.88 Å². The highest BCUT2D eigenvalue weighted by Crippen LogP contribution is 2.26. The number of nitrogens with one attached hydrogen (secondary N) is 2. The fourth-order valence-corrected chi connectivity index (χ4v) is 4.04. The molecule has 0 unspecified atom stereocenters. The Morgan fingerprint density at radius 1 is 1.30 bits per heavy atom. The minimum atomic E-state index is -0.444. The van der Waals surface area contributed by atoms with E-state index in [4.69, 9.17) is 12.2 Å². The average Bonchev–Trinajstić information content (AvgIpc) is 3.27. The van der Waals surface area contributed by atoms with E-state index in [0.717, 1.165) is 9.75 Å². The Labute approximate surface area is 147 Å². The van der Waals surface area contributed by atoms with E-state index >= 15 is 0 Å². The van der Waals surface area contributed by atoms with E-state index in [1.54, 1.807) is 27.2 Å². The Morgan fingerprint density at radius 3 is 2.70 bits per heavy atom. The summed E-state index contributed by atoms with van der Waals surface area (Å²) in [6.07, 6.45) is 0. The van der Waals surface area contributed by atoms with E-state index in [9.17, 15) is 4.79 Å². The van der Waals surface area contributed by atoms with Gasteiger partial charge in [-0.05, 0) is 49.0 Å². The van der Waals surface area contributed by atoms with Crippen LogP contribution in [0.5, 0.6) is 0 Å². The van der Waals surface area contributed by atoms with Crippen LogP contribution in [0.2, 0.25) is 0 Å². The third-order valence-electron chi connectivity index (χ3n) is 3.54. The minimum absolute atomic E-state index is 0.0313. The average molecular weight is 365 g/mol. The number of aromatic nitrogens is 3. The monoisotopic (exact) mass is 364 g/mol. The number of hydrogen-bond acceptors (Lipinski definition) is 5. The summed E-state index contributed by atoms with van der Waals surface area (Å²) in [4.78, 5) is 14.7. The van der Waals surface area contributed by atoms with Crippen molar-refractivity contribution in [1.82, 2.24) is 20.1 Å². The predicted octanol–water partition coefficient (Wildman–Crippen LogP) is 4.17. The Kier molecular flexibility index (Phi) is 4.74. The van der Waals surface area contributed by atoms with Gasteiger partial charge < -0.3 is 5.32 Å². The van der Waals surface area contributed by atoms with Crippen LogP contribution in [-0.4, -0.2) is 20.7 Å². The number of hydrogen-bond donors (Lipinski definition) is 2. The van der Waals surface area contributed by atoms with Crippen LogP contribution < -0.4 is 5.32 Å². The first-order chi connectivity index (χ1) is 11.1. The number of nitrogens with zero attached hydrogens (tertiary/aromatic N) is 2. The van der Waals surface area contributed by atoms with Crippen LogP contribution in [0.1, 0.15) is 30.8 Å². The van der Waals surface area contributed by atoms with Crippen molar-refractivity contribution in [1.29, 1.82) is 0 Å². The number of carbonyl (C=O) groups excluding carboxylic acids is 1. The van der Waals surface area contributed by atoms with E-state index < -0.39 is 6.04 Å². The molecule has 0 fully saturated rings. The van der Waals surface area contributed by atoms with Crippen LogP contribution >= 0.6 is 34.9 Å². The van der Waals surface area contributed by atoms with E-state index in [0.29, 0.717) is 10.6 Å². The van der Waals surface area contributed by atoms with Gasteiger partial charge in [0.1, 0.15) is 6.04 Å². The molecule has 3 aromatic rings. The van der Waals surface area contributed by atoms with Crippen LogP contribution in [0, 0.1) is 4.77 Å². The van der Waals surface area contributed by atoms with Crippen molar-refractivity contribution in [2.75, 3.05) is 0 Å². The van der Waals surface area contributed by atoms with Crippen molar-refractivity contribution in [3.05, 3.63) is 44.7 Å². The highest BCUT2D eigenvalue weighted by molar-refractivity contribution is 7.71. The number of H-pyrrole nitrogens is 1. The number of carbonyl (C=O) groups is 1. The molecule has 0 aromatic carbocycles. The van der Waals surface area contributed by atoms with E-state index in [1.165, 1.54) is 0 Å². The first-order valence-electron chi connectivity index (χ1n) is 7.12. The molecule has 0 spiro atoms. The van der Waals surface area contributed by atoms with Gasteiger partial charge in [0.25, 0.3) is 0 Å². The number of thiophene rings is 2. The zero-order valence-electron chi connectivity index (χ0n) is 12.6. The van der Waals surface area contributed by atoms with Gasteiger partial charge in [-0.25, -0.2) is 0 Å². The van der Waals surface area contributed by atoms with E-state index in [2.05, 4.69) is 15.5 Å². The maximum atomic E-state index is 12.6. The molecule has 0 radical (unpaired) electrons. The van der Waals surface area contributed by atoms with Crippen molar-refractivity contribution in [2.45, 2.75) is 25.9 Å². The lowest BCUT2D eigenvalue weighted by Gasteiger charge is -2.18. The third kappa shape index (κ3) is 3.29. The summed E-state index contributed by atoms with van der Waals surface area (Å²) in [5.41, 5.74) is 0. The molecule has 5 nitrogen and oxygen atoms in total. The number of amides is 1. The lowest BCUT2D eigenvalue weighted by molar-refractivity contribution is -0.124. The quantitative estimate of drug-likeness (QED) is 0.668. The Morgan fingerprint density at radius 2 is 2.04 bits per heavy atom. The summed E-state index contributed by atoms with van der Waals surface area (Å²) in [5, 5.41) is 14.1. The lowest BCUT2D eigenvalue weighted by atomic mass is 10.2. The normalized spacial score (nSPS) is 13.7. The molecule has 1 amide bonds. The topological polar surface area (TPSA) is 62.7 Å². The van der Waals surface area contributed by atoms with Gasteiger partial charge in [-0.1, -0.05) is 12.1 Å². The van der Waals surface area contributed by atoms with Crippen molar-refractivity contribution in [3.63, 3.8) is 0 Å². The molecule has 3 aromatic heterocycles. The van der Waals surface area contributed by atoms with Crippen LogP contribution in [-0.2, 0) is 4.79 Å². The van der Waals surface area contributed by atoms with Gasteiger partial charge in [0.15, 0.2) is 10.6 Å². The van der Waals surface area contributed by atoms with Gasteiger partial charge in [-0.15, -0.1) is 22.7 Å². The van der Waals surface area contributed by atoms with Gasteiger partial charge in [0.2, 0.25) is 5.91 Å². The first kappa shape index (κ1) is 16.1. The molecular weight excluding hydrogens is 348 g/mol. The zero-order valence-corrected chi connectivity index (χ0v) is 15.1. The molecule has 2 atom stereocenters. The minimum Gasteiger partial charge on any atom is -0.347 e. The van der Waals surface area contributed by atoms with Crippen molar-refractivity contribution >= 4 is 40.8 Å². The second-order valence-electron chi connectivity index (χ2n) is 5.12. The molecule has 0 bridgehead atoms. The largest absolute Gasteiger partial charge is 0.347 e. The van der Waals surface area contributed by atoms with E-state index in [-0.39, 0.29) is 11.9 Å². The second-order valence-corrected chi connectivity index (χ2v) is 7.44. The summed E-state index contributed by atoms with van der Waals surface area (Å²) >= 11 is 8.50. The third-order valence-corrected chi connectivity index (χ3v) is 5.75. The summed E-state index contributed by atoms with van der Waals surface area (Å²) in [5.74, 6) is 0.609. The van der Waals surface area contributed by atoms with Gasteiger partial charge in [-0.2, -0.15) is 5.10 Å². The highest BCUT2D eigenvalue weighted by atomic mass is 32.1. The highest BCUT2D eigenvalue weighted by Gasteiger charge is 2.22. The molecule has 0 aliphatic carbocycles. The maximum absolute atomic E-state index is 12.6. The summed E-state index contributed by atoms with van der Waals surface area (Å²) < 4.78 is 2.21. The summed E-state index contributed by atoms with van der Waals surface area (Å²) in [6.45, 7) is 3.81. The first-order valence-corrected chi connectivity index (χ1v) is 9.29. The fraction of sp³-hybridized carbons (Fsp3) is 0.267. The number of rotatable bonds is 5. The molecule has 23 heavy (non-hydrogen) atoms. The standard InChI is InChI=1S/C15H16N4OS3/c1-9(11-5-3-7-22-11)16-14(20)10(2)19-13(17-18-15(19)21)12-6-4-8-23-12/h3-10H,1-2H3,(H,16,20)(H,18,21)/t9-,10+/m1/s1. The molecule has 0 aliphatic heterocycles. The van der Waals surface area contributed by atoms with Crippen molar-refractivity contribution in [2.24, 2.45) is 0 Å². The second kappa shape index (κ2) is 6.77. The van der Waals surface area contributed by atoms with Gasteiger partial charge >= 0.3 is 0 Å². The van der Waals surface area contributed by atoms with Gasteiger partial charge in [-0.3, -0.25) is 14.5 Å². The van der Waals surface area contributed by atoms with Gasteiger partial charge in [0.05, 0.1) is 10.9 Å². The van der Waals surface area contributed by atoms with Crippen LogP contribution in [0.25, 0.3) is 10.7 Å². The molecule has 120 valence electrons. The molecule has 0 saturated carbocycles. The SMILES string of the molecule is C[C@@H](NC(=O)[C@H](C)n1c(-c2cccs2)n[nH]c1=S)c1cccs1. The predicted molar refractivity (Wildman–Crippen MR) is 96.3 cm³/mol. The molecule has 8 heteroatoms. The Balaban J connectivity index is 1.83. The Hall–Kier alpha value is -1.77. The van der Waals surface area contributed by atoms with E-state index in [1.807, 2.05) is 48.9 Å². The molecule has 2 N–H and O–H groups in total. The molecule has 3 rings (SSSR count). The number of aromatic amines is 1.